The minimum absolute atomic E-state index is 0.358. The van der Waals surface area contributed by atoms with Crippen molar-refractivity contribution in [2.24, 2.45) is 11.8 Å². The summed E-state index contributed by atoms with van der Waals surface area (Å²) in [6.45, 7) is 3.29. The molecule has 1 aromatic rings. The number of pyridine rings is 1. The summed E-state index contributed by atoms with van der Waals surface area (Å²) in [6.07, 6.45) is 5.41. The standard InChI is InChI=1S/C15H21FN2O/c16-13-4-5-14(17-8-13)15(19)6-7-18-9-11-2-1-3-12(11)10-18/h4-5,8,11-12,15,19H,1-3,6-7,9-10H2. The lowest BCUT2D eigenvalue weighted by molar-refractivity contribution is 0.142. The first kappa shape index (κ1) is 13.0. The minimum Gasteiger partial charge on any atom is -0.387 e. The molecule has 1 saturated heterocycles. The molecule has 1 saturated carbocycles. The summed E-state index contributed by atoms with van der Waals surface area (Å²) in [5.41, 5.74) is 0.570. The van der Waals surface area contributed by atoms with E-state index in [0.717, 1.165) is 18.4 Å². The van der Waals surface area contributed by atoms with Gasteiger partial charge in [0.25, 0.3) is 0 Å². The van der Waals surface area contributed by atoms with Gasteiger partial charge in [0.1, 0.15) is 5.82 Å². The number of aliphatic hydroxyl groups excluding tert-OH is 1. The third kappa shape index (κ3) is 2.95. The molecule has 4 heteroatoms. The maximum atomic E-state index is 12.8. The van der Waals surface area contributed by atoms with Crippen LogP contribution in [-0.4, -0.2) is 34.6 Å². The third-order valence-corrected chi connectivity index (χ3v) is 4.61. The molecule has 1 aliphatic heterocycles. The predicted octanol–water partition coefficient (Wildman–Crippen LogP) is 2.38. The SMILES string of the molecule is OC(CCN1CC2CCCC2C1)c1ccc(F)cn1. The van der Waals surface area contributed by atoms with E-state index in [2.05, 4.69) is 9.88 Å². The van der Waals surface area contributed by atoms with E-state index in [4.69, 9.17) is 0 Å². The number of nitrogens with zero attached hydrogens (tertiary/aromatic N) is 2. The van der Waals surface area contributed by atoms with Gasteiger partial charge in [-0.25, -0.2) is 4.39 Å². The third-order valence-electron chi connectivity index (χ3n) is 4.61. The maximum Gasteiger partial charge on any atom is 0.141 e. The molecule has 3 rings (SSSR count). The molecule has 0 bridgehead atoms. The number of rotatable bonds is 4. The van der Waals surface area contributed by atoms with E-state index < -0.39 is 6.10 Å². The molecule has 3 atom stereocenters. The summed E-state index contributed by atoms with van der Waals surface area (Å²) in [6, 6.07) is 2.92. The van der Waals surface area contributed by atoms with E-state index in [1.807, 2.05) is 0 Å². The molecular formula is C15H21FN2O. The fourth-order valence-corrected chi connectivity index (χ4v) is 3.55. The maximum absolute atomic E-state index is 12.8. The Hall–Kier alpha value is -1.00. The van der Waals surface area contributed by atoms with Gasteiger partial charge in [0, 0.05) is 19.6 Å². The molecular weight excluding hydrogens is 243 g/mol. The van der Waals surface area contributed by atoms with Gasteiger partial charge in [-0.2, -0.15) is 0 Å². The van der Waals surface area contributed by atoms with Gasteiger partial charge in [-0.3, -0.25) is 4.98 Å². The predicted molar refractivity (Wildman–Crippen MR) is 71.0 cm³/mol. The lowest BCUT2D eigenvalue weighted by Crippen LogP contribution is -2.24. The van der Waals surface area contributed by atoms with E-state index in [9.17, 15) is 9.50 Å². The van der Waals surface area contributed by atoms with Crippen molar-refractivity contribution >= 4 is 0 Å². The Morgan fingerprint density at radius 1 is 1.32 bits per heavy atom. The van der Waals surface area contributed by atoms with Crippen LogP contribution >= 0.6 is 0 Å². The Labute approximate surface area is 113 Å². The summed E-state index contributed by atoms with van der Waals surface area (Å²) in [7, 11) is 0. The number of hydrogen-bond acceptors (Lipinski definition) is 3. The molecule has 0 spiro atoms. The lowest BCUT2D eigenvalue weighted by Gasteiger charge is -2.18. The number of fused-ring (bicyclic) bond motifs is 1. The first-order chi connectivity index (χ1) is 9.22. The van der Waals surface area contributed by atoms with E-state index in [1.165, 1.54) is 44.6 Å². The minimum atomic E-state index is -0.582. The topological polar surface area (TPSA) is 36.4 Å². The van der Waals surface area contributed by atoms with E-state index in [1.54, 1.807) is 6.07 Å². The zero-order valence-electron chi connectivity index (χ0n) is 11.1. The summed E-state index contributed by atoms with van der Waals surface area (Å²) >= 11 is 0. The summed E-state index contributed by atoms with van der Waals surface area (Å²) in [5.74, 6) is 1.42. The number of aliphatic hydroxyl groups is 1. The van der Waals surface area contributed by atoms with Crippen molar-refractivity contribution in [2.45, 2.75) is 31.8 Å². The molecule has 1 N–H and O–H groups in total. The van der Waals surface area contributed by atoms with Gasteiger partial charge in [0.2, 0.25) is 0 Å². The van der Waals surface area contributed by atoms with E-state index in [0.29, 0.717) is 12.1 Å². The molecule has 2 heterocycles. The highest BCUT2D eigenvalue weighted by Gasteiger charge is 2.35. The van der Waals surface area contributed by atoms with Crippen LogP contribution in [0, 0.1) is 17.7 Å². The monoisotopic (exact) mass is 264 g/mol. The van der Waals surface area contributed by atoms with Crippen LogP contribution in [0.5, 0.6) is 0 Å². The van der Waals surface area contributed by atoms with Gasteiger partial charge in [0.15, 0.2) is 0 Å². The second kappa shape index (κ2) is 5.55. The van der Waals surface area contributed by atoms with Crippen LogP contribution in [0.4, 0.5) is 4.39 Å². The van der Waals surface area contributed by atoms with Gasteiger partial charge in [-0.05, 0) is 43.2 Å². The zero-order chi connectivity index (χ0) is 13.2. The van der Waals surface area contributed by atoms with Crippen molar-refractivity contribution in [2.75, 3.05) is 19.6 Å². The van der Waals surface area contributed by atoms with Crippen molar-refractivity contribution in [3.8, 4) is 0 Å². The quantitative estimate of drug-likeness (QED) is 0.907. The highest BCUT2D eigenvalue weighted by Crippen LogP contribution is 2.37. The fraction of sp³-hybridized carbons (Fsp3) is 0.667. The average Bonchev–Trinajstić information content (AvgIpc) is 2.97. The van der Waals surface area contributed by atoms with Crippen LogP contribution in [0.15, 0.2) is 18.3 Å². The largest absolute Gasteiger partial charge is 0.387 e. The smallest absolute Gasteiger partial charge is 0.141 e. The Morgan fingerprint density at radius 3 is 2.68 bits per heavy atom. The molecule has 0 amide bonds. The molecule has 2 aliphatic rings. The molecule has 1 aromatic heterocycles. The molecule has 0 radical (unpaired) electrons. The summed E-state index contributed by atoms with van der Waals surface area (Å²) in [5, 5.41) is 10.1. The van der Waals surface area contributed by atoms with Gasteiger partial charge in [-0.15, -0.1) is 0 Å². The van der Waals surface area contributed by atoms with Crippen molar-refractivity contribution in [1.29, 1.82) is 0 Å². The highest BCUT2D eigenvalue weighted by atomic mass is 19.1. The Morgan fingerprint density at radius 2 is 2.05 bits per heavy atom. The first-order valence-corrected chi connectivity index (χ1v) is 7.24. The van der Waals surface area contributed by atoms with E-state index in [-0.39, 0.29) is 5.82 Å². The Bertz CT molecular complexity index is 411. The number of halogens is 1. The van der Waals surface area contributed by atoms with Gasteiger partial charge >= 0.3 is 0 Å². The zero-order valence-corrected chi connectivity index (χ0v) is 11.1. The fourth-order valence-electron chi connectivity index (χ4n) is 3.55. The second-order valence-corrected chi connectivity index (χ2v) is 5.92. The second-order valence-electron chi connectivity index (χ2n) is 5.92. The van der Waals surface area contributed by atoms with Gasteiger partial charge < -0.3 is 10.0 Å². The summed E-state index contributed by atoms with van der Waals surface area (Å²) in [4.78, 5) is 6.40. The van der Waals surface area contributed by atoms with Crippen LogP contribution in [0.25, 0.3) is 0 Å². The van der Waals surface area contributed by atoms with Crippen molar-refractivity contribution in [1.82, 2.24) is 9.88 Å². The summed E-state index contributed by atoms with van der Waals surface area (Å²) < 4.78 is 12.8. The van der Waals surface area contributed by atoms with E-state index >= 15 is 0 Å². The highest BCUT2D eigenvalue weighted by molar-refractivity contribution is 5.08. The van der Waals surface area contributed by atoms with Crippen LogP contribution < -0.4 is 0 Å². The van der Waals surface area contributed by atoms with Crippen LogP contribution in [0.2, 0.25) is 0 Å². The molecule has 3 unspecified atom stereocenters. The molecule has 2 fully saturated rings. The molecule has 1 aliphatic carbocycles. The molecule has 19 heavy (non-hydrogen) atoms. The Balaban J connectivity index is 1.48. The lowest BCUT2D eigenvalue weighted by atomic mass is 10.0. The van der Waals surface area contributed by atoms with Crippen LogP contribution in [-0.2, 0) is 0 Å². The molecule has 104 valence electrons. The number of likely N-dealkylation sites (tertiary alicyclic amines) is 1. The molecule has 3 nitrogen and oxygen atoms in total. The van der Waals surface area contributed by atoms with Crippen molar-refractivity contribution in [3.05, 3.63) is 29.8 Å². The average molecular weight is 264 g/mol. The molecule has 0 aromatic carbocycles. The Kier molecular flexibility index (Phi) is 3.80. The van der Waals surface area contributed by atoms with Crippen LogP contribution in [0.3, 0.4) is 0 Å². The van der Waals surface area contributed by atoms with Gasteiger partial charge in [0.05, 0.1) is 18.0 Å². The van der Waals surface area contributed by atoms with Gasteiger partial charge in [-0.1, -0.05) is 6.42 Å². The normalized spacial score (nSPS) is 28.5. The van der Waals surface area contributed by atoms with Crippen LogP contribution in [0.1, 0.15) is 37.5 Å². The number of hydrogen-bond donors (Lipinski definition) is 1. The first-order valence-electron chi connectivity index (χ1n) is 7.24. The van der Waals surface area contributed by atoms with Crippen molar-refractivity contribution in [3.63, 3.8) is 0 Å². The van der Waals surface area contributed by atoms with Crippen molar-refractivity contribution < 1.29 is 9.50 Å². The number of aromatic nitrogens is 1.